The van der Waals surface area contributed by atoms with Gasteiger partial charge in [0.05, 0.1) is 13.5 Å². The molecule has 0 amide bonds. The molecule has 4 heteroatoms. The van der Waals surface area contributed by atoms with E-state index in [2.05, 4.69) is 10.1 Å². The summed E-state index contributed by atoms with van der Waals surface area (Å²) in [7, 11) is 1.36. The zero-order chi connectivity index (χ0) is 10.1. The van der Waals surface area contributed by atoms with E-state index in [1.807, 2.05) is 0 Å². The summed E-state index contributed by atoms with van der Waals surface area (Å²) in [4.78, 5) is 22.8. The maximum atomic E-state index is 11.7. The van der Waals surface area contributed by atoms with Crippen molar-refractivity contribution in [3.63, 3.8) is 0 Å². The zero-order valence-electron chi connectivity index (χ0n) is 8.29. The molecule has 0 aromatic carbocycles. The summed E-state index contributed by atoms with van der Waals surface area (Å²) in [5.41, 5.74) is 0. The number of esters is 1. The van der Waals surface area contributed by atoms with Crippen LogP contribution in [0.1, 0.15) is 25.7 Å². The molecule has 0 radical (unpaired) electrons. The van der Waals surface area contributed by atoms with Crippen molar-refractivity contribution in [1.82, 2.24) is 5.32 Å². The number of rotatable bonds is 2. The molecular formula is C10H15NO3. The van der Waals surface area contributed by atoms with Gasteiger partial charge in [-0.2, -0.15) is 0 Å². The van der Waals surface area contributed by atoms with Crippen LogP contribution < -0.4 is 5.32 Å². The first-order valence-electron chi connectivity index (χ1n) is 5.06. The summed E-state index contributed by atoms with van der Waals surface area (Å²) in [6.45, 7) is 0. The van der Waals surface area contributed by atoms with E-state index in [0.717, 1.165) is 12.8 Å². The number of carbonyl (C=O) groups is 2. The van der Waals surface area contributed by atoms with E-state index in [9.17, 15) is 9.59 Å². The second kappa shape index (κ2) is 3.69. The molecule has 0 spiro atoms. The minimum atomic E-state index is -0.282. The van der Waals surface area contributed by atoms with Crippen LogP contribution >= 0.6 is 0 Å². The molecule has 4 nitrogen and oxygen atoms in total. The molecule has 2 heterocycles. The van der Waals surface area contributed by atoms with Gasteiger partial charge < -0.3 is 10.1 Å². The van der Waals surface area contributed by atoms with Crippen molar-refractivity contribution in [3.05, 3.63) is 0 Å². The van der Waals surface area contributed by atoms with Crippen molar-refractivity contribution in [2.45, 2.75) is 37.8 Å². The number of hydrogen-bond donors (Lipinski definition) is 1. The van der Waals surface area contributed by atoms with Crippen LogP contribution in [0.2, 0.25) is 0 Å². The highest BCUT2D eigenvalue weighted by molar-refractivity contribution is 5.87. The molecule has 2 fully saturated rings. The molecule has 2 saturated heterocycles. The summed E-state index contributed by atoms with van der Waals surface area (Å²) < 4.78 is 4.59. The molecule has 0 aliphatic carbocycles. The number of ketones is 1. The summed E-state index contributed by atoms with van der Waals surface area (Å²) in [6, 6.07) is 0.571. The Kier molecular flexibility index (Phi) is 2.54. The lowest BCUT2D eigenvalue weighted by atomic mass is 9.88. The largest absolute Gasteiger partial charge is 0.469 e. The number of nitrogens with one attached hydrogen (secondary N) is 1. The average Bonchev–Trinajstić information content (AvgIpc) is 2.56. The maximum Gasteiger partial charge on any atom is 0.306 e. The smallest absolute Gasteiger partial charge is 0.306 e. The second-order valence-electron chi connectivity index (χ2n) is 4.10. The molecular weight excluding hydrogens is 182 g/mol. The molecule has 14 heavy (non-hydrogen) atoms. The van der Waals surface area contributed by atoms with Gasteiger partial charge in [0.2, 0.25) is 0 Å². The SMILES string of the molecule is COC(=O)CC1C(=O)CC2CCC1N2. The number of ether oxygens (including phenoxy) is 1. The molecule has 1 N–H and O–H groups in total. The number of piperidine rings is 1. The van der Waals surface area contributed by atoms with E-state index in [1.165, 1.54) is 7.11 Å². The van der Waals surface area contributed by atoms with Gasteiger partial charge in [0.25, 0.3) is 0 Å². The fourth-order valence-electron chi connectivity index (χ4n) is 2.47. The second-order valence-corrected chi connectivity index (χ2v) is 4.10. The van der Waals surface area contributed by atoms with Gasteiger partial charge in [0.1, 0.15) is 5.78 Å². The van der Waals surface area contributed by atoms with Crippen molar-refractivity contribution in [2.24, 2.45) is 5.92 Å². The van der Waals surface area contributed by atoms with E-state index in [4.69, 9.17) is 0 Å². The first-order chi connectivity index (χ1) is 6.70. The fourth-order valence-corrected chi connectivity index (χ4v) is 2.47. The zero-order valence-corrected chi connectivity index (χ0v) is 8.29. The van der Waals surface area contributed by atoms with Gasteiger partial charge >= 0.3 is 5.97 Å². The van der Waals surface area contributed by atoms with Crippen molar-refractivity contribution >= 4 is 11.8 Å². The Morgan fingerprint density at radius 3 is 3.07 bits per heavy atom. The number of fused-ring (bicyclic) bond motifs is 2. The highest BCUT2D eigenvalue weighted by atomic mass is 16.5. The van der Waals surface area contributed by atoms with E-state index >= 15 is 0 Å². The van der Waals surface area contributed by atoms with E-state index in [-0.39, 0.29) is 30.1 Å². The minimum Gasteiger partial charge on any atom is -0.469 e. The van der Waals surface area contributed by atoms with Gasteiger partial charge in [0.15, 0.2) is 0 Å². The first kappa shape index (κ1) is 9.65. The molecule has 2 aliphatic rings. The lowest BCUT2D eigenvalue weighted by Gasteiger charge is -2.28. The summed E-state index contributed by atoms with van der Waals surface area (Å²) in [6.07, 6.45) is 2.89. The van der Waals surface area contributed by atoms with Crippen LogP contribution in [0.4, 0.5) is 0 Å². The molecule has 3 unspecified atom stereocenters. The van der Waals surface area contributed by atoms with Crippen molar-refractivity contribution in [3.8, 4) is 0 Å². The third-order valence-corrected chi connectivity index (χ3v) is 3.24. The quantitative estimate of drug-likeness (QED) is 0.645. The predicted molar refractivity (Wildman–Crippen MR) is 49.7 cm³/mol. The van der Waals surface area contributed by atoms with Crippen LogP contribution in [0.25, 0.3) is 0 Å². The summed E-state index contributed by atoms with van der Waals surface area (Å²) >= 11 is 0. The third-order valence-electron chi connectivity index (χ3n) is 3.24. The molecule has 0 aromatic rings. The van der Waals surface area contributed by atoms with Crippen LogP contribution in [0, 0.1) is 5.92 Å². The molecule has 78 valence electrons. The molecule has 2 bridgehead atoms. The number of hydrogen-bond acceptors (Lipinski definition) is 4. The van der Waals surface area contributed by atoms with Crippen molar-refractivity contribution in [1.29, 1.82) is 0 Å². The van der Waals surface area contributed by atoms with Crippen LogP contribution in [-0.4, -0.2) is 30.9 Å². The average molecular weight is 197 g/mol. The molecule has 2 aliphatic heterocycles. The topological polar surface area (TPSA) is 55.4 Å². The van der Waals surface area contributed by atoms with Crippen LogP contribution in [-0.2, 0) is 14.3 Å². The number of methoxy groups -OCH3 is 1. The normalized spacial score (nSPS) is 35.8. The maximum absolute atomic E-state index is 11.7. The number of Topliss-reactive ketones (excluding diaryl/α,β-unsaturated/α-hetero) is 1. The highest BCUT2D eigenvalue weighted by Crippen LogP contribution is 2.30. The summed E-state index contributed by atoms with van der Waals surface area (Å²) in [5.74, 6) is -0.210. The molecule has 3 atom stereocenters. The Labute approximate surface area is 83.0 Å². The van der Waals surface area contributed by atoms with Gasteiger partial charge in [-0.15, -0.1) is 0 Å². The Morgan fingerprint density at radius 2 is 2.36 bits per heavy atom. The lowest BCUT2D eigenvalue weighted by molar-refractivity contribution is -0.144. The Morgan fingerprint density at radius 1 is 1.57 bits per heavy atom. The number of carbonyl (C=O) groups excluding carboxylic acids is 2. The third kappa shape index (κ3) is 1.66. The molecule has 2 rings (SSSR count). The van der Waals surface area contributed by atoms with Crippen LogP contribution in [0.15, 0.2) is 0 Å². The van der Waals surface area contributed by atoms with Gasteiger partial charge in [-0.25, -0.2) is 0 Å². The van der Waals surface area contributed by atoms with Gasteiger partial charge in [-0.3, -0.25) is 9.59 Å². The van der Waals surface area contributed by atoms with Gasteiger partial charge in [0, 0.05) is 24.4 Å². The summed E-state index contributed by atoms with van der Waals surface area (Å²) in [5, 5.41) is 3.37. The van der Waals surface area contributed by atoms with Crippen molar-refractivity contribution < 1.29 is 14.3 Å². The van der Waals surface area contributed by atoms with Crippen LogP contribution in [0.3, 0.4) is 0 Å². The standard InChI is InChI=1S/C10H15NO3/c1-14-10(13)5-7-8-3-2-6(11-8)4-9(7)12/h6-8,11H,2-5H2,1H3. The van der Waals surface area contributed by atoms with Gasteiger partial charge in [-0.05, 0) is 12.8 Å². The Balaban J connectivity index is 2.02. The van der Waals surface area contributed by atoms with E-state index < -0.39 is 0 Å². The lowest BCUT2D eigenvalue weighted by Crippen LogP contribution is -2.46. The fraction of sp³-hybridized carbons (Fsp3) is 0.800. The highest BCUT2D eigenvalue weighted by Gasteiger charge is 2.41. The molecule has 0 saturated carbocycles. The van der Waals surface area contributed by atoms with E-state index in [0.29, 0.717) is 12.5 Å². The Hall–Kier alpha value is -0.900. The van der Waals surface area contributed by atoms with Gasteiger partial charge in [-0.1, -0.05) is 0 Å². The predicted octanol–water partition coefficient (Wildman–Crippen LogP) is 0.259. The Bertz CT molecular complexity index is 264. The van der Waals surface area contributed by atoms with Crippen LogP contribution in [0.5, 0.6) is 0 Å². The van der Waals surface area contributed by atoms with E-state index in [1.54, 1.807) is 0 Å². The minimum absolute atomic E-state index is 0.152. The monoisotopic (exact) mass is 197 g/mol. The van der Waals surface area contributed by atoms with Crippen molar-refractivity contribution in [2.75, 3.05) is 7.11 Å². The first-order valence-corrected chi connectivity index (χ1v) is 5.06. The molecule has 0 aromatic heterocycles.